The van der Waals surface area contributed by atoms with Gasteiger partial charge in [0, 0.05) is 5.92 Å². The predicted octanol–water partition coefficient (Wildman–Crippen LogP) is 2.45. The second kappa shape index (κ2) is 4.52. The van der Waals surface area contributed by atoms with Crippen LogP contribution in [0.3, 0.4) is 0 Å². The molecule has 0 heterocycles. The number of rotatable bonds is 4. The maximum absolute atomic E-state index is 12.8. The van der Waals surface area contributed by atoms with Crippen LogP contribution < -0.4 is 0 Å². The zero-order valence-corrected chi connectivity index (χ0v) is 10.4. The second-order valence-corrected chi connectivity index (χ2v) is 4.71. The number of ether oxygens (including phenoxy) is 1. The number of hydrogen-bond donors (Lipinski definition) is 0. The summed E-state index contributed by atoms with van der Waals surface area (Å²) in [6, 6.07) is 5.78. The van der Waals surface area contributed by atoms with Crippen LogP contribution in [0.25, 0.3) is 0 Å². The summed E-state index contributed by atoms with van der Waals surface area (Å²) >= 11 is 0. The van der Waals surface area contributed by atoms with Gasteiger partial charge in [0.15, 0.2) is 5.78 Å². The van der Waals surface area contributed by atoms with Crippen LogP contribution >= 0.6 is 0 Å². The van der Waals surface area contributed by atoms with Crippen molar-refractivity contribution in [2.75, 3.05) is 7.11 Å². The Morgan fingerprint density at radius 3 is 2.28 bits per heavy atom. The first-order valence-corrected chi connectivity index (χ1v) is 5.89. The maximum Gasteiger partial charge on any atom is 0.319 e. The van der Waals surface area contributed by atoms with E-state index in [4.69, 9.17) is 0 Å². The van der Waals surface area contributed by atoms with Crippen molar-refractivity contribution in [3.8, 4) is 0 Å². The summed E-state index contributed by atoms with van der Waals surface area (Å²) in [4.78, 5) is 23.9. The van der Waals surface area contributed by atoms with Gasteiger partial charge in [-0.25, -0.2) is 4.39 Å². The number of Topliss-reactive ketones (excluding diaryl/α,β-unsaturated/α-hetero) is 1. The molecule has 1 fully saturated rings. The Balaban J connectivity index is 2.19. The number of carbonyl (C=O) groups is 2. The number of halogens is 1. The third-order valence-corrected chi connectivity index (χ3v) is 3.56. The number of hydrogen-bond acceptors (Lipinski definition) is 3. The fraction of sp³-hybridized carbons (Fsp3) is 0.429. The van der Waals surface area contributed by atoms with E-state index in [2.05, 4.69) is 4.74 Å². The number of methoxy groups -OCH3 is 1. The Bertz CT molecular complexity index is 474. The summed E-state index contributed by atoms with van der Waals surface area (Å²) in [5.41, 5.74) is -0.237. The molecule has 0 spiro atoms. The smallest absolute Gasteiger partial charge is 0.319 e. The van der Waals surface area contributed by atoms with Crippen LogP contribution in [0.4, 0.5) is 4.39 Å². The van der Waals surface area contributed by atoms with E-state index in [9.17, 15) is 14.0 Å². The molecule has 0 aromatic heterocycles. The fourth-order valence-electron chi connectivity index (χ4n) is 2.19. The molecule has 96 valence electrons. The van der Waals surface area contributed by atoms with Gasteiger partial charge < -0.3 is 4.74 Å². The van der Waals surface area contributed by atoms with Gasteiger partial charge in [0.1, 0.15) is 11.2 Å². The molecule has 0 N–H and O–H groups in total. The highest BCUT2D eigenvalue weighted by molar-refractivity contribution is 6.09. The molecule has 18 heavy (non-hydrogen) atoms. The van der Waals surface area contributed by atoms with Gasteiger partial charge >= 0.3 is 5.97 Å². The van der Waals surface area contributed by atoms with Crippen molar-refractivity contribution in [1.82, 2.24) is 0 Å². The zero-order valence-electron chi connectivity index (χ0n) is 10.4. The summed E-state index contributed by atoms with van der Waals surface area (Å²) in [5.74, 6) is -1.36. The first-order chi connectivity index (χ1) is 8.51. The van der Waals surface area contributed by atoms with Crippen LogP contribution in [-0.2, 0) is 14.3 Å². The third kappa shape index (κ3) is 2.03. The Hall–Kier alpha value is -1.71. The second-order valence-electron chi connectivity index (χ2n) is 4.71. The highest BCUT2D eigenvalue weighted by atomic mass is 19.1. The summed E-state index contributed by atoms with van der Waals surface area (Å²) in [7, 11) is 1.29. The van der Waals surface area contributed by atoms with Gasteiger partial charge in [-0.1, -0.05) is 19.1 Å². The van der Waals surface area contributed by atoms with E-state index in [1.807, 2.05) is 0 Å². The first-order valence-electron chi connectivity index (χ1n) is 5.89. The summed E-state index contributed by atoms with van der Waals surface area (Å²) in [6.07, 6.45) is 1.09. The van der Waals surface area contributed by atoms with E-state index in [1.165, 1.54) is 19.2 Å². The van der Waals surface area contributed by atoms with Crippen molar-refractivity contribution in [2.24, 2.45) is 5.41 Å². The number of carbonyl (C=O) groups excluding carboxylic acids is 2. The highest BCUT2D eigenvalue weighted by Crippen LogP contribution is 2.50. The lowest BCUT2D eigenvalue weighted by Crippen LogP contribution is -2.30. The fourth-order valence-corrected chi connectivity index (χ4v) is 2.19. The minimum absolute atomic E-state index is 0.138. The van der Waals surface area contributed by atoms with Gasteiger partial charge in [0.2, 0.25) is 0 Å². The molecule has 3 nitrogen and oxygen atoms in total. The van der Waals surface area contributed by atoms with Crippen LogP contribution in [-0.4, -0.2) is 18.9 Å². The zero-order chi connectivity index (χ0) is 13.3. The van der Waals surface area contributed by atoms with Crippen molar-refractivity contribution in [1.29, 1.82) is 0 Å². The Kier molecular flexibility index (Phi) is 3.20. The molecule has 0 radical (unpaired) electrons. The predicted molar refractivity (Wildman–Crippen MR) is 63.5 cm³/mol. The van der Waals surface area contributed by atoms with E-state index < -0.39 is 17.3 Å². The van der Waals surface area contributed by atoms with Crippen LogP contribution in [0, 0.1) is 11.2 Å². The minimum atomic E-state index is -0.956. The van der Waals surface area contributed by atoms with E-state index in [0.29, 0.717) is 12.8 Å². The maximum atomic E-state index is 12.8. The Morgan fingerprint density at radius 2 is 1.83 bits per heavy atom. The lowest BCUT2D eigenvalue weighted by molar-refractivity contribution is -0.151. The molecule has 1 aromatic carbocycles. The van der Waals surface area contributed by atoms with Crippen LogP contribution in [0.2, 0.25) is 0 Å². The molecule has 0 saturated heterocycles. The van der Waals surface area contributed by atoms with Gasteiger partial charge in [-0.15, -0.1) is 0 Å². The average molecular weight is 250 g/mol. The van der Waals surface area contributed by atoms with Gasteiger partial charge in [0.05, 0.1) is 7.11 Å². The minimum Gasteiger partial charge on any atom is -0.468 e. The number of benzene rings is 1. The average Bonchev–Trinajstić information content (AvgIpc) is 3.18. The summed E-state index contributed by atoms with van der Waals surface area (Å²) in [5, 5.41) is 0. The Morgan fingerprint density at radius 1 is 1.28 bits per heavy atom. The molecule has 1 aliphatic rings. The Labute approximate surface area is 105 Å². The van der Waals surface area contributed by atoms with E-state index in [-0.39, 0.29) is 11.6 Å². The van der Waals surface area contributed by atoms with Crippen molar-refractivity contribution in [3.05, 3.63) is 35.6 Å². The quantitative estimate of drug-likeness (QED) is 0.609. The van der Waals surface area contributed by atoms with E-state index in [1.54, 1.807) is 19.1 Å². The van der Waals surface area contributed by atoms with Crippen LogP contribution in [0.1, 0.15) is 31.2 Å². The molecule has 1 atom stereocenters. The van der Waals surface area contributed by atoms with Gasteiger partial charge in [-0.05, 0) is 30.5 Å². The largest absolute Gasteiger partial charge is 0.468 e. The molecule has 1 unspecified atom stereocenters. The first kappa shape index (κ1) is 12.7. The molecule has 0 aliphatic heterocycles. The van der Waals surface area contributed by atoms with Crippen molar-refractivity contribution < 1.29 is 18.7 Å². The van der Waals surface area contributed by atoms with Crippen molar-refractivity contribution in [3.63, 3.8) is 0 Å². The van der Waals surface area contributed by atoms with E-state index in [0.717, 1.165) is 5.56 Å². The number of esters is 1. The molecular formula is C14H15FO3. The van der Waals surface area contributed by atoms with Crippen LogP contribution in [0.5, 0.6) is 0 Å². The topological polar surface area (TPSA) is 43.4 Å². The monoisotopic (exact) mass is 250 g/mol. The number of ketones is 1. The molecule has 1 aromatic rings. The standard InChI is InChI=1S/C14H15FO3/c1-9(10-3-5-11(15)6-4-10)12(16)14(7-8-14)13(17)18-2/h3-6,9H,7-8H2,1-2H3. The molecule has 0 amide bonds. The van der Waals surface area contributed by atoms with Gasteiger partial charge in [0.25, 0.3) is 0 Å². The molecule has 1 aliphatic carbocycles. The van der Waals surface area contributed by atoms with E-state index >= 15 is 0 Å². The third-order valence-electron chi connectivity index (χ3n) is 3.56. The molecule has 4 heteroatoms. The van der Waals surface area contributed by atoms with Crippen LogP contribution in [0.15, 0.2) is 24.3 Å². The molecule has 0 bridgehead atoms. The van der Waals surface area contributed by atoms with Gasteiger partial charge in [-0.2, -0.15) is 0 Å². The van der Waals surface area contributed by atoms with Crippen molar-refractivity contribution in [2.45, 2.75) is 25.7 Å². The molecule has 2 rings (SSSR count). The lowest BCUT2D eigenvalue weighted by Gasteiger charge is -2.17. The summed E-state index contributed by atoms with van der Waals surface area (Å²) < 4.78 is 17.5. The highest BCUT2D eigenvalue weighted by Gasteiger charge is 2.58. The lowest BCUT2D eigenvalue weighted by atomic mass is 9.86. The molecular weight excluding hydrogens is 235 g/mol. The normalized spacial score (nSPS) is 17.9. The molecule has 1 saturated carbocycles. The van der Waals surface area contributed by atoms with Gasteiger partial charge in [-0.3, -0.25) is 9.59 Å². The van der Waals surface area contributed by atoms with Crippen molar-refractivity contribution >= 4 is 11.8 Å². The SMILES string of the molecule is COC(=O)C1(C(=O)C(C)c2ccc(F)cc2)CC1. The summed E-state index contributed by atoms with van der Waals surface area (Å²) in [6.45, 7) is 1.73.